The molecule has 1 saturated carbocycles. The number of thioether (sulfide) groups is 1. The van der Waals surface area contributed by atoms with E-state index >= 15 is 0 Å². The molecule has 7 nitrogen and oxygen atoms in total. The molecule has 1 aliphatic rings. The smallest absolute Gasteiger partial charge is 0.269 e. The summed E-state index contributed by atoms with van der Waals surface area (Å²) in [7, 11) is 0. The van der Waals surface area contributed by atoms with E-state index in [1.807, 2.05) is 17.5 Å². The molecule has 2 N–H and O–H groups in total. The maximum atomic E-state index is 12.5. The molecule has 0 bridgehead atoms. The van der Waals surface area contributed by atoms with Crippen molar-refractivity contribution in [2.24, 2.45) is 0 Å². The van der Waals surface area contributed by atoms with Crippen LogP contribution in [-0.4, -0.2) is 31.8 Å². The van der Waals surface area contributed by atoms with E-state index in [1.54, 1.807) is 36.5 Å². The van der Waals surface area contributed by atoms with Crippen molar-refractivity contribution in [3.05, 3.63) is 52.4 Å². The van der Waals surface area contributed by atoms with Gasteiger partial charge in [-0.2, -0.15) is 0 Å². The third kappa shape index (κ3) is 4.63. The van der Waals surface area contributed by atoms with Crippen LogP contribution in [0.3, 0.4) is 0 Å². The Morgan fingerprint density at radius 2 is 2.07 bits per heavy atom. The fraction of sp³-hybridized carbons (Fsp3) is 0.263. The van der Waals surface area contributed by atoms with Crippen LogP contribution in [0.2, 0.25) is 5.02 Å². The molecule has 29 heavy (non-hydrogen) atoms. The summed E-state index contributed by atoms with van der Waals surface area (Å²) in [4.78, 5) is 25.7. The van der Waals surface area contributed by atoms with Gasteiger partial charge in [-0.3, -0.25) is 25.0 Å². The predicted octanol–water partition coefficient (Wildman–Crippen LogP) is 3.94. The van der Waals surface area contributed by atoms with Crippen LogP contribution < -0.4 is 10.9 Å². The Morgan fingerprint density at radius 1 is 1.24 bits per heavy atom. The number of carbonyl (C=O) groups excluding carboxylic acids is 2. The molecule has 1 fully saturated rings. The van der Waals surface area contributed by atoms with Crippen molar-refractivity contribution in [3.63, 3.8) is 0 Å². The number of carbonyl (C=O) groups is 2. The normalized spacial score (nSPS) is 14.4. The molecule has 150 valence electrons. The maximum absolute atomic E-state index is 12.5. The molecular formula is C19H18ClN5O2S2. The Balaban J connectivity index is 1.40. The van der Waals surface area contributed by atoms with E-state index in [4.69, 9.17) is 11.6 Å². The van der Waals surface area contributed by atoms with Crippen LogP contribution in [0.15, 0.2) is 46.9 Å². The fourth-order valence-electron chi connectivity index (χ4n) is 2.73. The molecule has 0 spiro atoms. The van der Waals surface area contributed by atoms with Crippen molar-refractivity contribution in [3.8, 4) is 10.7 Å². The van der Waals surface area contributed by atoms with E-state index < -0.39 is 11.2 Å². The van der Waals surface area contributed by atoms with Gasteiger partial charge in [0.1, 0.15) is 0 Å². The maximum Gasteiger partial charge on any atom is 0.269 e. The highest BCUT2D eigenvalue weighted by molar-refractivity contribution is 8.00. The zero-order valence-corrected chi connectivity index (χ0v) is 17.9. The van der Waals surface area contributed by atoms with Gasteiger partial charge in [-0.15, -0.1) is 21.5 Å². The monoisotopic (exact) mass is 447 g/mol. The molecule has 10 heteroatoms. The number of aromatic nitrogens is 3. The molecule has 0 radical (unpaired) electrons. The molecule has 2 heterocycles. The Labute approximate surface area is 180 Å². The third-order valence-electron chi connectivity index (χ3n) is 4.36. The molecular weight excluding hydrogens is 430 g/mol. The van der Waals surface area contributed by atoms with Crippen LogP contribution in [0.5, 0.6) is 0 Å². The molecule has 4 rings (SSSR count). The van der Waals surface area contributed by atoms with Gasteiger partial charge in [-0.05, 0) is 49.4 Å². The fourth-order valence-corrected chi connectivity index (χ4v) is 4.54. The number of benzene rings is 1. The van der Waals surface area contributed by atoms with Crippen molar-refractivity contribution in [1.82, 2.24) is 25.6 Å². The lowest BCUT2D eigenvalue weighted by Gasteiger charge is -2.13. The van der Waals surface area contributed by atoms with Gasteiger partial charge >= 0.3 is 0 Å². The van der Waals surface area contributed by atoms with Crippen molar-refractivity contribution < 1.29 is 9.59 Å². The summed E-state index contributed by atoms with van der Waals surface area (Å²) in [5, 5.41) is 11.4. The lowest BCUT2D eigenvalue weighted by Crippen LogP contribution is -2.45. The van der Waals surface area contributed by atoms with Gasteiger partial charge < -0.3 is 0 Å². The van der Waals surface area contributed by atoms with E-state index in [9.17, 15) is 9.59 Å². The first-order valence-corrected chi connectivity index (χ1v) is 11.2. The van der Waals surface area contributed by atoms with Gasteiger partial charge in [0.2, 0.25) is 0 Å². The van der Waals surface area contributed by atoms with Crippen LogP contribution >= 0.6 is 34.7 Å². The first-order chi connectivity index (χ1) is 14.0. The van der Waals surface area contributed by atoms with Crippen molar-refractivity contribution in [2.45, 2.75) is 36.2 Å². The SMILES string of the molecule is C[C@@H](Sc1nnc(-c2cccs2)n1C1CC1)C(=O)NNC(=O)c1cccc(Cl)c1. The molecule has 3 aromatic rings. The Bertz CT molecular complexity index is 1030. The number of hydrogen-bond donors (Lipinski definition) is 2. The minimum Gasteiger partial charge on any atom is -0.298 e. The number of nitrogens with one attached hydrogen (secondary N) is 2. The zero-order chi connectivity index (χ0) is 20.4. The highest BCUT2D eigenvalue weighted by Gasteiger charge is 2.31. The van der Waals surface area contributed by atoms with Crippen molar-refractivity contribution in [1.29, 1.82) is 0 Å². The summed E-state index contributed by atoms with van der Waals surface area (Å²) in [6.07, 6.45) is 2.17. The Morgan fingerprint density at radius 3 is 2.76 bits per heavy atom. The van der Waals surface area contributed by atoms with Crippen molar-refractivity contribution >= 4 is 46.5 Å². The van der Waals surface area contributed by atoms with Crippen LogP contribution in [0.1, 0.15) is 36.2 Å². The largest absolute Gasteiger partial charge is 0.298 e. The third-order valence-corrected chi connectivity index (χ3v) is 6.51. The molecule has 2 aromatic heterocycles. The number of nitrogens with zero attached hydrogens (tertiary/aromatic N) is 3. The van der Waals surface area contributed by atoms with Crippen LogP contribution in [0.4, 0.5) is 0 Å². The van der Waals surface area contributed by atoms with Gasteiger partial charge in [-0.25, -0.2) is 0 Å². The van der Waals surface area contributed by atoms with E-state index in [0.717, 1.165) is 23.5 Å². The number of hydrazine groups is 1. The quantitative estimate of drug-likeness (QED) is 0.441. The minimum absolute atomic E-state index is 0.326. The summed E-state index contributed by atoms with van der Waals surface area (Å²) in [5.41, 5.74) is 5.25. The first-order valence-electron chi connectivity index (χ1n) is 9.04. The molecule has 1 aliphatic carbocycles. The topological polar surface area (TPSA) is 88.9 Å². The van der Waals surface area contributed by atoms with E-state index in [-0.39, 0.29) is 5.91 Å². The first kappa shape index (κ1) is 19.9. The lowest BCUT2D eigenvalue weighted by molar-refractivity contribution is -0.121. The Hall–Kier alpha value is -2.36. The molecule has 2 amide bonds. The highest BCUT2D eigenvalue weighted by Crippen LogP contribution is 2.42. The van der Waals surface area contributed by atoms with Gasteiger partial charge in [0.05, 0.1) is 10.1 Å². The average molecular weight is 448 g/mol. The number of amides is 2. The van der Waals surface area contributed by atoms with Crippen LogP contribution in [0.25, 0.3) is 10.7 Å². The number of hydrogen-bond acceptors (Lipinski definition) is 6. The number of halogens is 1. The predicted molar refractivity (Wildman–Crippen MR) is 114 cm³/mol. The van der Waals surface area contributed by atoms with E-state index in [0.29, 0.717) is 21.8 Å². The van der Waals surface area contributed by atoms with E-state index in [1.165, 1.54) is 17.8 Å². The second kappa shape index (κ2) is 8.56. The number of rotatable bonds is 6. The zero-order valence-electron chi connectivity index (χ0n) is 15.5. The average Bonchev–Trinajstić information content (AvgIpc) is 3.23. The highest BCUT2D eigenvalue weighted by atomic mass is 35.5. The molecule has 0 unspecified atom stereocenters. The van der Waals surface area contributed by atoms with Gasteiger partial charge in [0.25, 0.3) is 11.8 Å². The van der Waals surface area contributed by atoms with Gasteiger partial charge in [0, 0.05) is 16.6 Å². The standard InChI is InChI=1S/C19H18ClN5O2S2/c1-11(17(26)22-23-18(27)12-4-2-5-13(20)10-12)29-19-24-21-16(15-6-3-9-28-15)25(19)14-7-8-14/h2-6,9-11,14H,7-8H2,1H3,(H,22,26)(H,23,27)/t11-/m1/s1. The summed E-state index contributed by atoms with van der Waals surface area (Å²) < 4.78 is 2.12. The van der Waals surface area contributed by atoms with Crippen molar-refractivity contribution in [2.75, 3.05) is 0 Å². The summed E-state index contributed by atoms with van der Waals surface area (Å²) in [6.45, 7) is 1.77. The molecule has 1 atom stereocenters. The summed E-state index contributed by atoms with van der Waals surface area (Å²) in [5.74, 6) is 0.0828. The van der Waals surface area contributed by atoms with E-state index in [2.05, 4.69) is 25.6 Å². The van der Waals surface area contributed by atoms with Crippen LogP contribution in [0, 0.1) is 0 Å². The molecule has 0 aliphatic heterocycles. The molecule has 0 saturated heterocycles. The Kier molecular flexibility index (Phi) is 5.89. The lowest BCUT2D eigenvalue weighted by atomic mass is 10.2. The summed E-state index contributed by atoms with van der Waals surface area (Å²) >= 11 is 8.83. The van der Waals surface area contributed by atoms with Gasteiger partial charge in [0.15, 0.2) is 11.0 Å². The second-order valence-corrected chi connectivity index (χ2v) is 9.29. The van der Waals surface area contributed by atoms with Crippen LogP contribution in [-0.2, 0) is 4.79 Å². The number of thiophene rings is 1. The molecule has 1 aromatic carbocycles. The summed E-state index contributed by atoms with van der Waals surface area (Å²) in [6, 6.07) is 10.9. The minimum atomic E-state index is -0.465. The van der Waals surface area contributed by atoms with Gasteiger partial charge in [-0.1, -0.05) is 35.5 Å². The second-order valence-electron chi connectivity index (χ2n) is 6.60.